The Balaban J connectivity index is 2.22. The number of hydrogen-bond donors (Lipinski definition) is 1. The standard InChI is InChI=1S/C22H28N2O3/c1-5-23-22(26)17(3)24(15-19-9-7-6-8-16(19)2)21(25)14-18-10-12-20(27-4)13-11-18/h6-13,17H,5,14-15H2,1-4H3,(H,23,26)/t17-/m0/s1. The molecule has 0 radical (unpaired) electrons. The van der Waals surface area contributed by atoms with Gasteiger partial charge < -0.3 is 15.0 Å². The highest BCUT2D eigenvalue weighted by atomic mass is 16.5. The summed E-state index contributed by atoms with van der Waals surface area (Å²) < 4.78 is 5.16. The maximum Gasteiger partial charge on any atom is 0.242 e. The number of carbonyl (C=O) groups excluding carboxylic acids is 2. The molecule has 0 saturated carbocycles. The molecule has 5 heteroatoms. The zero-order valence-electron chi connectivity index (χ0n) is 16.5. The van der Waals surface area contributed by atoms with Crippen LogP contribution in [0, 0.1) is 6.92 Å². The van der Waals surface area contributed by atoms with Gasteiger partial charge in [0.25, 0.3) is 0 Å². The molecule has 144 valence electrons. The molecule has 0 aromatic heterocycles. The molecule has 0 saturated heterocycles. The summed E-state index contributed by atoms with van der Waals surface area (Å²) in [4.78, 5) is 27.1. The number of aryl methyl sites for hydroxylation is 1. The molecule has 0 unspecified atom stereocenters. The number of methoxy groups -OCH3 is 1. The molecule has 0 aliphatic rings. The summed E-state index contributed by atoms with van der Waals surface area (Å²) in [6, 6.07) is 14.8. The highest BCUT2D eigenvalue weighted by Gasteiger charge is 2.26. The minimum absolute atomic E-state index is 0.0813. The predicted molar refractivity (Wildman–Crippen MR) is 107 cm³/mol. The molecule has 2 rings (SSSR count). The predicted octanol–water partition coefficient (Wildman–Crippen LogP) is 3.10. The molecular formula is C22H28N2O3. The van der Waals surface area contributed by atoms with Crippen LogP contribution in [0.25, 0.3) is 0 Å². The van der Waals surface area contributed by atoms with Gasteiger partial charge in [0.2, 0.25) is 11.8 Å². The van der Waals surface area contributed by atoms with Gasteiger partial charge in [0.1, 0.15) is 11.8 Å². The van der Waals surface area contributed by atoms with E-state index in [1.807, 2.05) is 62.4 Å². The van der Waals surface area contributed by atoms with Crippen LogP contribution in [0.15, 0.2) is 48.5 Å². The van der Waals surface area contributed by atoms with Gasteiger partial charge in [-0.3, -0.25) is 9.59 Å². The number of rotatable bonds is 8. The summed E-state index contributed by atoms with van der Waals surface area (Å²) in [6.07, 6.45) is 0.236. The molecule has 0 fully saturated rings. The molecule has 2 aromatic rings. The first-order chi connectivity index (χ1) is 13.0. The highest BCUT2D eigenvalue weighted by molar-refractivity contribution is 5.88. The third-order valence-electron chi connectivity index (χ3n) is 4.63. The van der Waals surface area contributed by atoms with E-state index in [9.17, 15) is 9.59 Å². The van der Waals surface area contributed by atoms with Crippen molar-refractivity contribution in [1.82, 2.24) is 10.2 Å². The molecule has 0 aliphatic carbocycles. The van der Waals surface area contributed by atoms with Crippen LogP contribution in [0.3, 0.4) is 0 Å². The summed E-state index contributed by atoms with van der Waals surface area (Å²) in [6.45, 7) is 6.59. The van der Waals surface area contributed by atoms with E-state index in [1.165, 1.54) is 0 Å². The first kappa shape index (κ1) is 20.5. The number of ether oxygens (including phenoxy) is 1. The fraction of sp³-hybridized carbons (Fsp3) is 0.364. The van der Waals surface area contributed by atoms with Crippen molar-refractivity contribution in [2.45, 2.75) is 39.8 Å². The fourth-order valence-electron chi connectivity index (χ4n) is 2.90. The van der Waals surface area contributed by atoms with E-state index in [0.717, 1.165) is 22.4 Å². The summed E-state index contributed by atoms with van der Waals surface area (Å²) in [5, 5.41) is 2.81. The van der Waals surface area contributed by atoms with Gasteiger partial charge in [0.05, 0.1) is 13.5 Å². The largest absolute Gasteiger partial charge is 0.497 e. The minimum atomic E-state index is -0.546. The van der Waals surface area contributed by atoms with Gasteiger partial charge in [-0.15, -0.1) is 0 Å². The van der Waals surface area contributed by atoms with Crippen LogP contribution in [0.4, 0.5) is 0 Å². The average molecular weight is 368 g/mol. The smallest absolute Gasteiger partial charge is 0.242 e. The zero-order chi connectivity index (χ0) is 19.8. The Morgan fingerprint density at radius 3 is 2.37 bits per heavy atom. The van der Waals surface area contributed by atoms with Gasteiger partial charge in [-0.25, -0.2) is 0 Å². The van der Waals surface area contributed by atoms with Crippen LogP contribution in [0.5, 0.6) is 5.75 Å². The van der Waals surface area contributed by atoms with E-state index in [2.05, 4.69) is 5.32 Å². The summed E-state index contributed by atoms with van der Waals surface area (Å²) in [7, 11) is 1.61. The van der Waals surface area contributed by atoms with Crippen molar-refractivity contribution in [3.63, 3.8) is 0 Å². The van der Waals surface area contributed by atoms with Crippen molar-refractivity contribution in [3.05, 3.63) is 65.2 Å². The molecule has 0 heterocycles. The number of likely N-dealkylation sites (N-methyl/N-ethyl adjacent to an activating group) is 1. The number of nitrogens with one attached hydrogen (secondary N) is 1. The highest BCUT2D eigenvalue weighted by Crippen LogP contribution is 2.17. The molecule has 27 heavy (non-hydrogen) atoms. The Kier molecular flexibility index (Phi) is 7.41. The molecule has 1 N–H and O–H groups in total. The Hall–Kier alpha value is -2.82. The van der Waals surface area contributed by atoms with E-state index < -0.39 is 6.04 Å². The number of carbonyl (C=O) groups is 2. The Morgan fingerprint density at radius 2 is 1.78 bits per heavy atom. The lowest BCUT2D eigenvalue weighted by atomic mass is 10.1. The normalized spacial score (nSPS) is 11.6. The van der Waals surface area contributed by atoms with Gasteiger partial charge in [-0.2, -0.15) is 0 Å². The monoisotopic (exact) mass is 368 g/mol. The van der Waals surface area contributed by atoms with Crippen LogP contribution in [0.2, 0.25) is 0 Å². The molecule has 0 spiro atoms. The Bertz CT molecular complexity index is 771. The van der Waals surface area contributed by atoms with Gasteiger partial charge in [0, 0.05) is 13.1 Å². The van der Waals surface area contributed by atoms with Crippen LogP contribution in [0.1, 0.15) is 30.5 Å². The van der Waals surface area contributed by atoms with E-state index in [4.69, 9.17) is 4.74 Å². The molecule has 1 atom stereocenters. The van der Waals surface area contributed by atoms with E-state index in [0.29, 0.717) is 13.1 Å². The number of nitrogens with zero attached hydrogens (tertiary/aromatic N) is 1. The average Bonchev–Trinajstić information content (AvgIpc) is 2.67. The zero-order valence-corrected chi connectivity index (χ0v) is 16.5. The van der Waals surface area contributed by atoms with E-state index >= 15 is 0 Å². The quantitative estimate of drug-likeness (QED) is 0.779. The van der Waals surface area contributed by atoms with Gasteiger partial charge in [-0.05, 0) is 49.6 Å². The first-order valence-corrected chi connectivity index (χ1v) is 9.20. The van der Waals surface area contributed by atoms with Crippen LogP contribution < -0.4 is 10.1 Å². The summed E-state index contributed by atoms with van der Waals surface area (Å²) >= 11 is 0. The van der Waals surface area contributed by atoms with Crippen molar-refractivity contribution >= 4 is 11.8 Å². The van der Waals surface area contributed by atoms with E-state index in [1.54, 1.807) is 18.9 Å². The topological polar surface area (TPSA) is 58.6 Å². The molecule has 0 bridgehead atoms. The van der Waals surface area contributed by atoms with Crippen molar-refractivity contribution in [1.29, 1.82) is 0 Å². The van der Waals surface area contributed by atoms with Gasteiger partial charge in [-0.1, -0.05) is 36.4 Å². The Labute approximate surface area is 161 Å². The van der Waals surface area contributed by atoms with Gasteiger partial charge in [0.15, 0.2) is 0 Å². The van der Waals surface area contributed by atoms with Crippen molar-refractivity contribution < 1.29 is 14.3 Å². The first-order valence-electron chi connectivity index (χ1n) is 9.20. The lowest BCUT2D eigenvalue weighted by molar-refractivity contribution is -0.140. The molecular weight excluding hydrogens is 340 g/mol. The van der Waals surface area contributed by atoms with Crippen LogP contribution in [-0.2, 0) is 22.6 Å². The third kappa shape index (κ3) is 5.58. The maximum absolute atomic E-state index is 13.0. The molecule has 2 aromatic carbocycles. The number of amides is 2. The van der Waals surface area contributed by atoms with Crippen molar-refractivity contribution in [2.75, 3.05) is 13.7 Å². The number of benzene rings is 2. The third-order valence-corrected chi connectivity index (χ3v) is 4.63. The molecule has 5 nitrogen and oxygen atoms in total. The minimum Gasteiger partial charge on any atom is -0.497 e. The lowest BCUT2D eigenvalue weighted by Gasteiger charge is -2.29. The second kappa shape index (κ2) is 9.76. The summed E-state index contributed by atoms with van der Waals surface area (Å²) in [5.41, 5.74) is 3.03. The fourth-order valence-corrected chi connectivity index (χ4v) is 2.90. The molecule has 0 aliphatic heterocycles. The van der Waals surface area contributed by atoms with Gasteiger partial charge >= 0.3 is 0 Å². The van der Waals surface area contributed by atoms with E-state index in [-0.39, 0.29) is 18.2 Å². The van der Waals surface area contributed by atoms with Crippen LogP contribution >= 0.6 is 0 Å². The summed E-state index contributed by atoms with van der Waals surface area (Å²) in [5.74, 6) is 0.523. The second-order valence-corrected chi connectivity index (χ2v) is 6.54. The maximum atomic E-state index is 13.0. The second-order valence-electron chi connectivity index (χ2n) is 6.54. The SMILES string of the molecule is CCNC(=O)[C@H](C)N(Cc1ccccc1C)C(=O)Cc1ccc(OC)cc1. The van der Waals surface area contributed by atoms with Crippen molar-refractivity contribution in [2.24, 2.45) is 0 Å². The molecule has 2 amide bonds. The number of hydrogen-bond acceptors (Lipinski definition) is 3. The Morgan fingerprint density at radius 1 is 1.11 bits per heavy atom. The van der Waals surface area contributed by atoms with Crippen molar-refractivity contribution in [3.8, 4) is 5.75 Å². The van der Waals surface area contributed by atoms with Crippen LogP contribution in [-0.4, -0.2) is 36.4 Å². The lowest BCUT2D eigenvalue weighted by Crippen LogP contribution is -2.48.